The monoisotopic (exact) mass is 500 g/mol. The summed E-state index contributed by atoms with van der Waals surface area (Å²) in [5.74, 6) is 0. The summed E-state index contributed by atoms with van der Waals surface area (Å²) >= 11 is 0. The molecule has 0 aromatic carbocycles. The molecule has 0 atom stereocenters. The van der Waals surface area contributed by atoms with Gasteiger partial charge in [0.05, 0.1) is 14.4 Å². The predicted molar refractivity (Wildman–Crippen MR) is 80.4 cm³/mol. The molecule has 0 N–H and O–H groups in total. The maximum absolute atomic E-state index is 10.2. The fraction of sp³-hybridized carbons (Fsp3) is 1.00. The van der Waals surface area contributed by atoms with Crippen LogP contribution in [0.2, 0.25) is 0 Å². The van der Waals surface area contributed by atoms with Gasteiger partial charge in [0.15, 0.2) is 0 Å². The molecule has 0 aromatic heterocycles. The quantitative estimate of drug-likeness (QED) is 0.209. The van der Waals surface area contributed by atoms with E-state index < -0.39 is 7.82 Å². The van der Waals surface area contributed by atoms with E-state index in [0.717, 1.165) is 12.8 Å². The van der Waals surface area contributed by atoms with E-state index in [1.54, 1.807) is 0 Å². The molecule has 20 heavy (non-hydrogen) atoms. The summed E-state index contributed by atoms with van der Waals surface area (Å²) in [6.07, 6.45) is 14.6. The van der Waals surface area contributed by atoms with E-state index in [-0.39, 0.29) is 33.9 Å². The van der Waals surface area contributed by atoms with Gasteiger partial charge in [0.2, 0.25) is 0 Å². The molecule has 0 saturated heterocycles. The maximum Gasteiger partial charge on any atom is 2.00 e. The number of phosphoric acid groups is 1. The van der Waals surface area contributed by atoms with Crippen molar-refractivity contribution in [3.63, 3.8) is 0 Å². The van der Waals surface area contributed by atoms with Crippen LogP contribution in [-0.2, 0) is 9.09 Å². The summed E-state index contributed by atoms with van der Waals surface area (Å²) in [6.45, 7) is 2.28. The molecule has 0 rings (SSSR count). The molecule has 118 valence electrons. The zero-order chi connectivity index (χ0) is 14.4. The smallest absolute Gasteiger partial charge is 0.790 e. The zero-order valence-electron chi connectivity index (χ0n) is 12.8. The third-order valence-electron chi connectivity index (χ3n) is 3.25. The molecule has 0 spiro atoms. The third kappa shape index (κ3) is 21.3. The normalized spacial score (nSPS) is 11.3. The van der Waals surface area contributed by atoms with Crippen LogP contribution in [-0.4, -0.2) is 33.9 Å². The average Bonchev–Trinajstić information content (AvgIpc) is 2.34. The van der Waals surface area contributed by atoms with Crippen molar-refractivity contribution >= 4 is 35.1 Å². The summed E-state index contributed by atoms with van der Waals surface area (Å²) in [4.78, 5) is 20.4. The van der Waals surface area contributed by atoms with Gasteiger partial charge in [-0.1, -0.05) is 77.6 Å². The van der Waals surface area contributed by atoms with Crippen LogP contribution < -0.4 is 9.79 Å². The van der Waals surface area contributed by atoms with Gasteiger partial charge < -0.3 is 18.9 Å². The average molecular weight is 500 g/mol. The SMILES string of the molecule is CCCCCCCCCCCCCCOP(=O)([O-])[O-].[Pb+2]. The molecule has 0 bridgehead atoms. The van der Waals surface area contributed by atoms with Crippen LogP contribution in [0.3, 0.4) is 0 Å². The first kappa shape index (κ1) is 23.3. The minimum absolute atomic E-state index is 0. The first-order chi connectivity index (χ1) is 9.06. The van der Waals surface area contributed by atoms with E-state index >= 15 is 0 Å². The Hall–Kier alpha value is 1.03. The van der Waals surface area contributed by atoms with Crippen LogP contribution in [0, 0.1) is 0 Å². The van der Waals surface area contributed by atoms with Crippen molar-refractivity contribution in [1.82, 2.24) is 0 Å². The van der Waals surface area contributed by atoms with Crippen molar-refractivity contribution in [2.75, 3.05) is 6.61 Å². The summed E-state index contributed by atoms with van der Waals surface area (Å²) in [6, 6.07) is 0. The second kappa shape index (κ2) is 16.4. The summed E-state index contributed by atoms with van der Waals surface area (Å²) in [5.41, 5.74) is 0. The fourth-order valence-electron chi connectivity index (χ4n) is 2.12. The van der Waals surface area contributed by atoms with Crippen molar-refractivity contribution in [1.29, 1.82) is 0 Å². The topological polar surface area (TPSA) is 72.4 Å². The summed E-state index contributed by atoms with van der Waals surface area (Å²) in [7, 11) is -4.75. The first-order valence-corrected chi connectivity index (χ1v) is 9.19. The van der Waals surface area contributed by atoms with E-state index in [9.17, 15) is 14.4 Å². The molecule has 6 heteroatoms. The van der Waals surface area contributed by atoms with Crippen molar-refractivity contribution in [3.05, 3.63) is 0 Å². The van der Waals surface area contributed by atoms with Crippen molar-refractivity contribution in [2.45, 2.75) is 84.0 Å². The van der Waals surface area contributed by atoms with Crippen LogP contribution in [0.15, 0.2) is 0 Å². The number of phosphoric ester groups is 1. The summed E-state index contributed by atoms with van der Waals surface area (Å²) < 4.78 is 14.3. The molecule has 0 unspecified atom stereocenters. The molecule has 2 radical (unpaired) electrons. The van der Waals surface area contributed by atoms with Gasteiger partial charge in [-0.2, -0.15) is 0 Å². The molecule has 0 aliphatic heterocycles. The molecule has 0 saturated carbocycles. The van der Waals surface area contributed by atoms with Crippen LogP contribution >= 0.6 is 7.82 Å². The second-order valence-electron chi connectivity index (χ2n) is 5.17. The predicted octanol–water partition coefficient (Wildman–Crippen LogP) is 3.15. The van der Waals surface area contributed by atoms with Crippen molar-refractivity contribution < 1.29 is 18.9 Å². The minimum atomic E-state index is -4.75. The Balaban J connectivity index is 0. The zero-order valence-corrected chi connectivity index (χ0v) is 17.6. The van der Waals surface area contributed by atoms with E-state index in [0.29, 0.717) is 6.42 Å². The summed E-state index contributed by atoms with van der Waals surface area (Å²) in [5, 5.41) is 0. The first-order valence-electron chi connectivity index (χ1n) is 7.73. The number of hydrogen-bond donors (Lipinski definition) is 0. The van der Waals surface area contributed by atoms with Gasteiger partial charge in [0, 0.05) is 0 Å². The van der Waals surface area contributed by atoms with Crippen LogP contribution in [0.25, 0.3) is 0 Å². The molecular formula is C14H29O4PPb. The van der Waals surface area contributed by atoms with Crippen LogP contribution in [0.5, 0.6) is 0 Å². The van der Waals surface area contributed by atoms with E-state index in [1.807, 2.05) is 0 Å². The van der Waals surface area contributed by atoms with Gasteiger partial charge in [0.25, 0.3) is 0 Å². The Morgan fingerprint density at radius 3 is 1.45 bits per heavy atom. The molecule has 4 nitrogen and oxygen atoms in total. The van der Waals surface area contributed by atoms with E-state index in [4.69, 9.17) is 0 Å². The van der Waals surface area contributed by atoms with Gasteiger partial charge in [-0.05, 0) is 6.42 Å². The van der Waals surface area contributed by atoms with Crippen molar-refractivity contribution in [2.24, 2.45) is 0 Å². The molecule has 0 heterocycles. The maximum atomic E-state index is 10.2. The molecule has 0 amide bonds. The minimum Gasteiger partial charge on any atom is -0.790 e. The third-order valence-corrected chi connectivity index (χ3v) is 3.75. The Morgan fingerprint density at radius 1 is 0.750 bits per heavy atom. The molecule has 0 aromatic rings. The number of unbranched alkanes of at least 4 members (excludes halogenated alkanes) is 11. The molecule has 0 aliphatic rings. The Kier molecular flexibility index (Phi) is 19.1. The Morgan fingerprint density at radius 2 is 1.10 bits per heavy atom. The fourth-order valence-corrected chi connectivity index (χ4v) is 2.47. The van der Waals surface area contributed by atoms with Gasteiger partial charge >= 0.3 is 27.3 Å². The molecule has 0 fully saturated rings. The van der Waals surface area contributed by atoms with Gasteiger partial charge in [0.1, 0.15) is 0 Å². The van der Waals surface area contributed by atoms with E-state index in [2.05, 4.69) is 11.4 Å². The van der Waals surface area contributed by atoms with Crippen LogP contribution in [0.4, 0.5) is 0 Å². The number of rotatable bonds is 14. The van der Waals surface area contributed by atoms with Crippen molar-refractivity contribution in [3.8, 4) is 0 Å². The number of hydrogen-bond acceptors (Lipinski definition) is 4. The Bertz CT molecular complexity index is 233. The largest absolute Gasteiger partial charge is 2.00 e. The molecular weight excluding hydrogens is 470 g/mol. The second-order valence-corrected chi connectivity index (χ2v) is 6.32. The van der Waals surface area contributed by atoms with E-state index in [1.165, 1.54) is 57.8 Å². The van der Waals surface area contributed by atoms with Gasteiger partial charge in [-0.25, -0.2) is 0 Å². The Labute approximate surface area is 144 Å². The molecule has 0 aliphatic carbocycles. The van der Waals surface area contributed by atoms with Gasteiger partial charge in [-0.3, -0.25) is 0 Å². The van der Waals surface area contributed by atoms with Crippen LogP contribution in [0.1, 0.15) is 84.0 Å². The van der Waals surface area contributed by atoms with Gasteiger partial charge in [-0.15, -0.1) is 0 Å². The standard InChI is InChI=1S/C14H31O4P.Pb/c1-2-3-4-5-6-7-8-9-10-11-12-13-14-18-19(15,16)17;/h2-14H2,1H3,(H2,15,16,17);/q;+2/p-2.